The van der Waals surface area contributed by atoms with Gasteiger partial charge in [-0.15, -0.1) is 0 Å². The van der Waals surface area contributed by atoms with Crippen molar-refractivity contribution >= 4 is 33.3 Å². The highest BCUT2D eigenvalue weighted by molar-refractivity contribution is 9.10. The van der Waals surface area contributed by atoms with E-state index in [4.69, 9.17) is 17.3 Å². The summed E-state index contributed by atoms with van der Waals surface area (Å²) in [5.41, 5.74) is 6.03. The first-order valence-corrected chi connectivity index (χ1v) is 5.76. The maximum atomic E-state index is 13.6. The number of nitrogens with zero attached hydrogens (tertiary/aromatic N) is 1. The molecule has 0 bridgehead atoms. The fraction of sp³-hybridized carbons (Fsp3) is 0. The van der Waals surface area contributed by atoms with Gasteiger partial charge in [-0.3, -0.25) is 0 Å². The lowest BCUT2D eigenvalue weighted by Gasteiger charge is -2.07. The first kappa shape index (κ1) is 12.1. The molecule has 0 atom stereocenters. The lowest BCUT2D eigenvalue weighted by molar-refractivity contribution is 0.472. The number of benzene rings is 1. The largest absolute Gasteiger partial charge is 0.503 e. The Morgan fingerprint density at radius 3 is 2.71 bits per heavy atom. The van der Waals surface area contributed by atoms with E-state index >= 15 is 0 Å². The first-order valence-electron chi connectivity index (χ1n) is 4.59. The summed E-state index contributed by atoms with van der Waals surface area (Å²) in [7, 11) is 0. The van der Waals surface area contributed by atoms with Gasteiger partial charge in [-0.25, -0.2) is 9.37 Å². The number of aromatic nitrogens is 1. The summed E-state index contributed by atoms with van der Waals surface area (Å²) in [6.07, 6.45) is 0. The molecule has 2 aromatic rings. The molecule has 0 radical (unpaired) electrons. The fourth-order valence-corrected chi connectivity index (χ4v) is 1.95. The Morgan fingerprint density at radius 2 is 2.06 bits per heavy atom. The molecule has 0 unspecified atom stereocenters. The molecule has 1 aromatic carbocycles. The van der Waals surface area contributed by atoms with Crippen molar-refractivity contribution in [2.75, 3.05) is 5.73 Å². The second kappa shape index (κ2) is 4.50. The quantitative estimate of drug-likeness (QED) is 0.845. The standard InChI is InChI=1S/C11H7BrClFN2O/c12-7-4-9(16-11(15)10(7)17)6-3-5(13)1-2-8(6)14/h1-4,17H,(H2,15,16). The molecule has 88 valence electrons. The van der Waals surface area contributed by atoms with E-state index in [2.05, 4.69) is 20.9 Å². The van der Waals surface area contributed by atoms with E-state index in [0.717, 1.165) is 0 Å². The van der Waals surface area contributed by atoms with Crippen LogP contribution >= 0.6 is 27.5 Å². The number of anilines is 1. The van der Waals surface area contributed by atoms with Crippen LogP contribution in [0.2, 0.25) is 5.02 Å². The Balaban J connectivity index is 2.64. The fourth-order valence-electron chi connectivity index (χ4n) is 1.36. The predicted molar refractivity (Wildman–Crippen MR) is 68.4 cm³/mol. The molecule has 2 rings (SSSR count). The molecule has 1 aromatic heterocycles. The molecular formula is C11H7BrClFN2O. The van der Waals surface area contributed by atoms with Crippen LogP contribution in [0, 0.1) is 5.82 Å². The monoisotopic (exact) mass is 316 g/mol. The van der Waals surface area contributed by atoms with Crippen LogP contribution in [-0.4, -0.2) is 10.1 Å². The Labute approximate surface area is 110 Å². The van der Waals surface area contributed by atoms with Crippen LogP contribution in [0.15, 0.2) is 28.7 Å². The van der Waals surface area contributed by atoms with E-state index in [0.29, 0.717) is 15.2 Å². The SMILES string of the molecule is Nc1nc(-c2cc(Cl)ccc2F)cc(Br)c1O. The van der Waals surface area contributed by atoms with Gasteiger partial charge in [0, 0.05) is 10.6 Å². The highest BCUT2D eigenvalue weighted by atomic mass is 79.9. The van der Waals surface area contributed by atoms with Crippen molar-refractivity contribution in [1.82, 2.24) is 4.98 Å². The van der Waals surface area contributed by atoms with E-state index in [-0.39, 0.29) is 17.1 Å². The van der Waals surface area contributed by atoms with Crippen molar-refractivity contribution < 1.29 is 9.50 Å². The van der Waals surface area contributed by atoms with Crippen molar-refractivity contribution in [1.29, 1.82) is 0 Å². The van der Waals surface area contributed by atoms with Gasteiger partial charge in [0.25, 0.3) is 0 Å². The van der Waals surface area contributed by atoms with Crippen LogP contribution in [0.5, 0.6) is 5.75 Å². The molecule has 6 heteroatoms. The molecule has 0 amide bonds. The summed E-state index contributed by atoms with van der Waals surface area (Å²) in [5, 5.41) is 9.84. The van der Waals surface area contributed by atoms with Gasteiger partial charge in [-0.05, 0) is 40.2 Å². The summed E-state index contributed by atoms with van der Waals surface area (Å²) in [6, 6.07) is 5.61. The summed E-state index contributed by atoms with van der Waals surface area (Å²) in [4.78, 5) is 3.90. The molecule has 17 heavy (non-hydrogen) atoms. The molecule has 0 spiro atoms. The minimum absolute atomic E-state index is 0.0752. The number of halogens is 3. The van der Waals surface area contributed by atoms with Gasteiger partial charge in [-0.2, -0.15) is 0 Å². The molecule has 0 saturated heterocycles. The lowest BCUT2D eigenvalue weighted by atomic mass is 10.1. The van der Waals surface area contributed by atoms with E-state index < -0.39 is 5.82 Å². The Hall–Kier alpha value is -1.33. The Kier molecular flexibility index (Phi) is 3.22. The van der Waals surface area contributed by atoms with Gasteiger partial charge in [0.1, 0.15) is 5.82 Å². The van der Waals surface area contributed by atoms with Gasteiger partial charge in [0.15, 0.2) is 11.6 Å². The van der Waals surface area contributed by atoms with Crippen LogP contribution in [-0.2, 0) is 0 Å². The van der Waals surface area contributed by atoms with Gasteiger partial charge in [0.2, 0.25) is 0 Å². The average Bonchev–Trinajstić information content (AvgIpc) is 2.28. The first-order chi connectivity index (χ1) is 7.99. The summed E-state index contributed by atoms with van der Waals surface area (Å²) in [5.74, 6) is -0.705. The molecule has 1 heterocycles. The van der Waals surface area contributed by atoms with Crippen molar-refractivity contribution in [2.24, 2.45) is 0 Å². The zero-order chi connectivity index (χ0) is 12.6. The minimum Gasteiger partial charge on any atom is -0.503 e. The zero-order valence-corrected chi connectivity index (χ0v) is 10.8. The average molecular weight is 318 g/mol. The highest BCUT2D eigenvalue weighted by Gasteiger charge is 2.12. The third-order valence-electron chi connectivity index (χ3n) is 2.18. The molecular weight excluding hydrogens is 310 g/mol. The normalized spacial score (nSPS) is 10.5. The Morgan fingerprint density at radius 1 is 1.35 bits per heavy atom. The van der Waals surface area contributed by atoms with Crippen LogP contribution in [0.1, 0.15) is 0 Å². The van der Waals surface area contributed by atoms with Crippen molar-refractivity contribution in [2.45, 2.75) is 0 Å². The maximum absolute atomic E-state index is 13.6. The second-order valence-corrected chi connectivity index (χ2v) is 4.64. The maximum Gasteiger partial charge on any atom is 0.172 e. The smallest absolute Gasteiger partial charge is 0.172 e. The summed E-state index contributed by atoms with van der Waals surface area (Å²) >= 11 is 8.90. The predicted octanol–water partition coefficient (Wildman–Crippen LogP) is 3.59. The van der Waals surface area contributed by atoms with Gasteiger partial charge in [0.05, 0.1) is 10.2 Å². The van der Waals surface area contributed by atoms with E-state index in [1.807, 2.05) is 0 Å². The number of rotatable bonds is 1. The van der Waals surface area contributed by atoms with Crippen LogP contribution in [0.25, 0.3) is 11.3 Å². The number of aromatic hydroxyl groups is 1. The van der Waals surface area contributed by atoms with Crippen LogP contribution in [0.4, 0.5) is 10.2 Å². The summed E-state index contributed by atoms with van der Waals surface area (Å²) < 4.78 is 13.9. The molecule has 3 N–H and O–H groups in total. The molecule has 0 aliphatic carbocycles. The highest BCUT2D eigenvalue weighted by Crippen LogP contribution is 2.34. The molecule has 0 aliphatic rings. The third kappa shape index (κ3) is 2.35. The molecule has 3 nitrogen and oxygen atoms in total. The number of pyridine rings is 1. The van der Waals surface area contributed by atoms with Crippen LogP contribution in [0.3, 0.4) is 0 Å². The van der Waals surface area contributed by atoms with Gasteiger partial charge >= 0.3 is 0 Å². The third-order valence-corrected chi connectivity index (χ3v) is 3.02. The molecule has 0 saturated carbocycles. The molecule has 0 fully saturated rings. The molecule has 0 aliphatic heterocycles. The number of nitrogens with two attached hydrogens (primary N) is 1. The second-order valence-electron chi connectivity index (χ2n) is 3.35. The van der Waals surface area contributed by atoms with Crippen molar-refractivity contribution in [3.63, 3.8) is 0 Å². The zero-order valence-electron chi connectivity index (χ0n) is 8.42. The van der Waals surface area contributed by atoms with E-state index in [9.17, 15) is 9.50 Å². The number of nitrogen functional groups attached to an aromatic ring is 1. The Bertz CT molecular complexity index is 569. The number of hydrogen-bond donors (Lipinski definition) is 2. The lowest BCUT2D eigenvalue weighted by Crippen LogP contribution is -1.95. The van der Waals surface area contributed by atoms with Crippen molar-refractivity contribution in [3.05, 3.63) is 39.6 Å². The van der Waals surface area contributed by atoms with Crippen LogP contribution < -0.4 is 5.73 Å². The number of hydrogen-bond acceptors (Lipinski definition) is 3. The topological polar surface area (TPSA) is 59.1 Å². The minimum atomic E-state index is -0.459. The van der Waals surface area contributed by atoms with Crippen molar-refractivity contribution in [3.8, 4) is 17.0 Å². The van der Waals surface area contributed by atoms with E-state index in [1.165, 1.54) is 24.3 Å². The summed E-state index contributed by atoms with van der Waals surface area (Å²) in [6.45, 7) is 0. The van der Waals surface area contributed by atoms with Gasteiger partial charge in [-0.1, -0.05) is 11.6 Å². The van der Waals surface area contributed by atoms with E-state index in [1.54, 1.807) is 0 Å². The van der Waals surface area contributed by atoms with Gasteiger partial charge < -0.3 is 10.8 Å².